The lowest BCUT2D eigenvalue weighted by molar-refractivity contribution is -0.132. The summed E-state index contributed by atoms with van der Waals surface area (Å²) in [5.41, 5.74) is 2.41. The molecule has 1 aliphatic heterocycles. The average molecular weight is 492 g/mol. The van der Waals surface area contributed by atoms with Gasteiger partial charge in [-0.1, -0.05) is 41.9 Å². The lowest BCUT2D eigenvalue weighted by Crippen LogP contribution is -2.30. The first-order chi connectivity index (χ1) is 16.9. The highest BCUT2D eigenvalue weighted by Gasteiger charge is 2.47. The minimum absolute atomic E-state index is 0.00724. The zero-order valence-corrected chi connectivity index (χ0v) is 20.5. The number of halogens is 1. The number of rotatable bonds is 7. The summed E-state index contributed by atoms with van der Waals surface area (Å²) in [6.45, 7) is 6.48. The molecule has 1 aliphatic rings. The maximum atomic E-state index is 13.4. The lowest BCUT2D eigenvalue weighted by Gasteiger charge is -2.27. The zero-order valence-electron chi connectivity index (χ0n) is 19.7. The van der Waals surface area contributed by atoms with Gasteiger partial charge in [-0.05, 0) is 68.3 Å². The van der Waals surface area contributed by atoms with Gasteiger partial charge in [0.05, 0.1) is 29.9 Å². The van der Waals surface area contributed by atoms with Crippen LogP contribution in [0.4, 0.5) is 5.69 Å². The van der Waals surface area contributed by atoms with Crippen molar-refractivity contribution in [3.63, 3.8) is 0 Å². The maximum Gasteiger partial charge on any atom is 0.300 e. The zero-order chi connectivity index (χ0) is 25.1. The van der Waals surface area contributed by atoms with Crippen molar-refractivity contribution in [1.29, 1.82) is 0 Å². The number of anilines is 1. The molecule has 6 nitrogen and oxygen atoms in total. The number of ether oxygens (including phenoxy) is 2. The fraction of sp³-hybridized carbons (Fsp3) is 0.214. The molecule has 0 spiro atoms. The van der Waals surface area contributed by atoms with Crippen molar-refractivity contribution >= 4 is 34.7 Å². The second kappa shape index (κ2) is 10.2. The number of aliphatic hydroxyl groups is 1. The van der Waals surface area contributed by atoms with Gasteiger partial charge < -0.3 is 14.6 Å². The van der Waals surface area contributed by atoms with Gasteiger partial charge in [0.15, 0.2) is 0 Å². The predicted octanol–water partition coefficient (Wildman–Crippen LogP) is 6.07. The fourth-order valence-electron chi connectivity index (χ4n) is 4.22. The van der Waals surface area contributed by atoms with Crippen LogP contribution in [0.1, 0.15) is 36.6 Å². The van der Waals surface area contributed by atoms with Crippen molar-refractivity contribution in [3.8, 4) is 11.5 Å². The molecule has 0 aliphatic carbocycles. The first-order valence-electron chi connectivity index (χ1n) is 11.4. The van der Waals surface area contributed by atoms with Crippen LogP contribution in [0.5, 0.6) is 11.5 Å². The van der Waals surface area contributed by atoms with E-state index in [1.165, 1.54) is 4.90 Å². The number of aliphatic hydroxyl groups excluding tert-OH is 1. The van der Waals surface area contributed by atoms with Crippen LogP contribution in [0.2, 0.25) is 5.02 Å². The Labute approximate surface area is 209 Å². The standard InChI is InChI=1S/C28H26ClNO5/c1-4-34-20-13-10-18(11-14-20)25-24(26(31)19-12-15-21(29)23(16-19)35-5-2)27(32)28(33)30(25)22-9-7-6-8-17(22)3/h6-16,25,31H,4-5H2,1-3H3/b26-24-. The average Bonchev–Trinajstić information content (AvgIpc) is 3.11. The van der Waals surface area contributed by atoms with Gasteiger partial charge in [-0.15, -0.1) is 0 Å². The summed E-state index contributed by atoms with van der Waals surface area (Å²) < 4.78 is 11.1. The van der Waals surface area contributed by atoms with Gasteiger partial charge in [0.2, 0.25) is 0 Å². The van der Waals surface area contributed by atoms with Gasteiger partial charge in [-0.2, -0.15) is 0 Å². The summed E-state index contributed by atoms with van der Waals surface area (Å²) in [6.07, 6.45) is 0. The van der Waals surface area contributed by atoms with Crippen LogP contribution in [0.3, 0.4) is 0 Å². The molecule has 3 aromatic rings. The Bertz CT molecular complexity index is 1300. The van der Waals surface area contributed by atoms with Crippen LogP contribution in [0.25, 0.3) is 5.76 Å². The van der Waals surface area contributed by atoms with E-state index in [0.29, 0.717) is 46.5 Å². The van der Waals surface area contributed by atoms with E-state index >= 15 is 0 Å². The summed E-state index contributed by atoms with van der Waals surface area (Å²) in [5, 5.41) is 11.7. The van der Waals surface area contributed by atoms with Crippen molar-refractivity contribution in [3.05, 3.63) is 94.0 Å². The number of carbonyl (C=O) groups excluding carboxylic acids is 2. The third-order valence-electron chi connectivity index (χ3n) is 5.83. The number of carbonyl (C=O) groups is 2. The fourth-order valence-corrected chi connectivity index (χ4v) is 4.39. The summed E-state index contributed by atoms with van der Waals surface area (Å²) >= 11 is 6.21. The largest absolute Gasteiger partial charge is 0.507 e. The molecule has 1 atom stereocenters. The monoisotopic (exact) mass is 491 g/mol. The van der Waals surface area contributed by atoms with E-state index in [1.54, 1.807) is 48.5 Å². The van der Waals surface area contributed by atoms with E-state index in [9.17, 15) is 14.7 Å². The first kappa shape index (κ1) is 24.4. The number of aryl methyl sites for hydroxylation is 1. The molecule has 1 N–H and O–H groups in total. The van der Waals surface area contributed by atoms with Crippen LogP contribution in [0, 0.1) is 6.92 Å². The van der Waals surface area contributed by atoms with Crippen molar-refractivity contribution in [1.82, 2.24) is 0 Å². The normalized spacial score (nSPS) is 17.0. The Morgan fingerprint density at radius 3 is 2.31 bits per heavy atom. The Hall–Kier alpha value is -3.77. The van der Waals surface area contributed by atoms with Gasteiger partial charge in [0, 0.05) is 11.3 Å². The van der Waals surface area contributed by atoms with Crippen molar-refractivity contribution in [2.24, 2.45) is 0 Å². The van der Waals surface area contributed by atoms with Crippen LogP contribution in [0.15, 0.2) is 72.3 Å². The number of hydrogen-bond donors (Lipinski definition) is 1. The van der Waals surface area contributed by atoms with E-state index in [0.717, 1.165) is 5.56 Å². The van der Waals surface area contributed by atoms with E-state index in [4.69, 9.17) is 21.1 Å². The number of Topliss-reactive ketones (excluding diaryl/α,β-unsaturated/α-hetero) is 1. The Morgan fingerprint density at radius 1 is 0.971 bits per heavy atom. The number of hydrogen-bond acceptors (Lipinski definition) is 5. The van der Waals surface area contributed by atoms with Crippen LogP contribution in [-0.4, -0.2) is 30.0 Å². The highest BCUT2D eigenvalue weighted by atomic mass is 35.5. The summed E-state index contributed by atoms with van der Waals surface area (Å²) in [6, 6.07) is 18.4. The SMILES string of the molecule is CCOc1ccc(C2/C(=C(/O)c3ccc(Cl)c(OCC)c3)C(=O)C(=O)N2c2ccccc2C)cc1. The molecular formula is C28H26ClNO5. The smallest absolute Gasteiger partial charge is 0.300 e. The predicted molar refractivity (Wildman–Crippen MR) is 136 cm³/mol. The van der Waals surface area contributed by atoms with Gasteiger partial charge in [0.25, 0.3) is 11.7 Å². The van der Waals surface area contributed by atoms with E-state index in [1.807, 2.05) is 39.0 Å². The number of amides is 1. The number of ketones is 1. The van der Waals surface area contributed by atoms with E-state index in [-0.39, 0.29) is 11.3 Å². The first-order valence-corrected chi connectivity index (χ1v) is 11.8. The Balaban J connectivity index is 1.92. The molecule has 0 aromatic heterocycles. The maximum absolute atomic E-state index is 13.4. The molecule has 1 unspecified atom stereocenters. The van der Waals surface area contributed by atoms with Crippen LogP contribution < -0.4 is 14.4 Å². The number of nitrogens with zero attached hydrogens (tertiary/aromatic N) is 1. The van der Waals surface area contributed by atoms with Crippen LogP contribution in [-0.2, 0) is 9.59 Å². The van der Waals surface area contributed by atoms with Gasteiger partial charge >= 0.3 is 0 Å². The highest BCUT2D eigenvalue weighted by molar-refractivity contribution is 6.51. The van der Waals surface area contributed by atoms with Crippen molar-refractivity contribution in [2.45, 2.75) is 26.8 Å². The van der Waals surface area contributed by atoms with Gasteiger partial charge in [-0.3, -0.25) is 14.5 Å². The molecule has 1 amide bonds. The van der Waals surface area contributed by atoms with E-state index in [2.05, 4.69) is 0 Å². The molecule has 0 radical (unpaired) electrons. The molecule has 7 heteroatoms. The molecule has 3 aromatic carbocycles. The molecular weight excluding hydrogens is 466 g/mol. The Kier molecular flexibility index (Phi) is 7.12. The molecule has 1 saturated heterocycles. The molecule has 35 heavy (non-hydrogen) atoms. The second-order valence-corrected chi connectivity index (χ2v) is 8.44. The summed E-state index contributed by atoms with van der Waals surface area (Å²) in [5.74, 6) is -0.723. The minimum atomic E-state index is -0.835. The van der Waals surface area contributed by atoms with Gasteiger partial charge in [0.1, 0.15) is 17.3 Å². The molecule has 1 heterocycles. The quantitative estimate of drug-likeness (QED) is 0.246. The van der Waals surface area contributed by atoms with Gasteiger partial charge in [-0.25, -0.2) is 0 Å². The Morgan fingerprint density at radius 2 is 1.66 bits per heavy atom. The van der Waals surface area contributed by atoms with E-state index < -0.39 is 17.7 Å². The van der Waals surface area contributed by atoms with Crippen molar-refractivity contribution in [2.75, 3.05) is 18.1 Å². The third kappa shape index (κ3) is 4.62. The minimum Gasteiger partial charge on any atom is -0.507 e. The highest BCUT2D eigenvalue weighted by Crippen LogP contribution is 2.43. The number of para-hydroxylation sites is 1. The molecule has 180 valence electrons. The third-order valence-corrected chi connectivity index (χ3v) is 6.14. The van der Waals surface area contributed by atoms with Crippen molar-refractivity contribution < 1.29 is 24.2 Å². The second-order valence-electron chi connectivity index (χ2n) is 8.04. The molecule has 0 bridgehead atoms. The number of benzene rings is 3. The molecule has 4 rings (SSSR count). The van der Waals surface area contributed by atoms with Crippen LogP contribution >= 0.6 is 11.6 Å². The molecule has 1 fully saturated rings. The topological polar surface area (TPSA) is 76.1 Å². The lowest BCUT2D eigenvalue weighted by atomic mass is 9.94. The summed E-state index contributed by atoms with van der Waals surface area (Å²) in [7, 11) is 0. The molecule has 0 saturated carbocycles. The summed E-state index contributed by atoms with van der Waals surface area (Å²) in [4.78, 5) is 28.1.